The van der Waals surface area contributed by atoms with Crippen LogP contribution in [0.4, 0.5) is 0 Å². The van der Waals surface area contributed by atoms with E-state index in [1.807, 2.05) is 11.3 Å². The monoisotopic (exact) mass is 242 g/mol. The van der Waals surface area contributed by atoms with Crippen LogP contribution in [0.2, 0.25) is 0 Å². The van der Waals surface area contributed by atoms with E-state index >= 15 is 0 Å². The number of thiol groups is 1. The van der Waals surface area contributed by atoms with Gasteiger partial charge >= 0.3 is 0 Å². The van der Waals surface area contributed by atoms with E-state index in [2.05, 4.69) is 31.5 Å². The van der Waals surface area contributed by atoms with Crippen molar-refractivity contribution in [2.45, 2.75) is 25.7 Å². The highest BCUT2D eigenvalue weighted by molar-refractivity contribution is 7.80. The van der Waals surface area contributed by atoms with Crippen LogP contribution >= 0.6 is 24.0 Å². The third kappa shape index (κ3) is 2.55. The summed E-state index contributed by atoms with van der Waals surface area (Å²) < 4.78 is 0. The molecule has 4 heteroatoms. The van der Waals surface area contributed by atoms with Gasteiger partial charge in [-0.25, -0.2) is 4.98 Å². The fourth-order valence-corrected chi connectivity index (χ4v) is 3.66. The fourth-order valence-electron chi connectivity index (χ4n) is 2.10. The van der Waals surface area contributed by atoms with Gasteiger partial charge in [0.15, 0.2) is 0 Å². The number of rotatable bonds is 3. The Balaban J connectivity index is 2.12. The highest BCUT2D eigenvalue weighted by Crippen LogP contribution is 2.31. The first-order valence-electron chi connectivity index (χ1n) is 5.46. The predicted molar refractivity (Wildman–Crippen MR) is 69.3 cm³/mol. The maximum atomic E-state index is 4.70. The van der Waals surface area contributed by atoms with Gasteiger partial charge in [0.05, 0.1) is 10.7 Å². The van der Waals surface area contributed by atoms with Gasteiger partial charge in [-0.3, -0.25) is 0 Å². The van der Waals surface area contributed by atoms with Crippen molar-refractivity contribution in [2.75, 3.05) is 25.9 Å². The number of aryl methyl sites for hydroxylation is 2. The molecule has 0 aromatic carbocycles. The Morgan fingerprint density at radius 3 is 3.00 bits per heavy atom. The summed E-state index contributed by atoms with van der Waals surface area (Å²) in [4.78, 5) is 8.52. The van der Waals surface area contributed by atoms with Crippen molar-refractivity contribution >= 4 is 24.0 Å². The van der Waals surface area contributed by atoms with Crippen molar-refractivity contribution in [2.24, 2.45) is 0 Å². The minimum atomic E-state index is 0.673. The number of aromatic nitrogens is 1. The summed E-state index contributed by atoms with van der Waals surface area (Å²) in [5, 5.41) is 1.34. The lowest BCUT2D eigenvalue weighted by molar-refractivity contribution is 0.411. The maximum Gasteiger partial charge on any atom is 0.0975 e. The Morgan fingerprint density at radius 2 is 2.40 bits per heavy atom. The average molecular weight is 242 g/mol. The smallest absolute Gasteiger partial charge is 0.0975 e. The average Bonchev–Trinajstić information content (AvgIpc) is 2.75. The SMILES string of the molecule is Cc1nc(C2CCN(C)C2)sc1CCS. The van der Waals surface area contributed by atoms with Gasteiger partial charge in [0.25, 0.3) is 0 Å². The number of thiazole rings is 1. The molecule has 1 aliphatic heterocycles. The van der Waals surface area contributed by atoms with Crippen LogP contribution in [0.1, 0.15) is 27.9 Å². The molecular weight excluding hydrogens is 224 g/mol. The first kappa shape index (κ1) is 11.4. The van der Waals surface area contributed by atoms with Gasteiger partial charge in [-0.15, -0.1) is 11.3 Å². The molecule has 0 N–H and O–H groups in total. The molecule has 15 heavy (non-hydrogen) atoms. The highest BCUT2D eigenvalue weighted by atomic mass is 32.1. The molecule has 2 heterocycles. The topological polar surface area (TPSA) is 16.1 Å². The molecule has 1 saturated heterocycles. The van der Waals surface area contributed by atoms with E-state index in [0.717, 1.165) is 12.2 Å². The fraction of sp³-hybridized carbons (Fsp3) is 0.727. The molecule has 0 bridgehead atoms. The standard InChI is InChI=1S/C11H18N2S2/c1-8-10(4-6-14)15-11(12-8)9-3-5-13(2)7-9/h9,14H,3-7H2,1-2H3. The zero-order chi connectivity index (χ0) is 10.8. The molecule has 0 spiro atoms. The highest BCUT2D eigenvalue weighted by Gasteiger charge is 2.24. The summed E-state index contributed by atoms with van der Waals surface area (Å²) >= 11 is 6.18. The molecule has 1 aliphatic rings. The van der Waals surface area contributed by atoms with Crippen LogP contribution in [0.5, 0.6) is 0 Å². The van der Waals surface area contributed by atoms with E-state index < -0.39 is 0 Å². The van der Waals surface area contributed by atoms with Gasteiger partial charge in [0.1, 0.15) is 0 Å². The van der Waals surface area contributed by atoms with Gasteiger partial charge in [0, 0.05) is 17.3 Å². The Morgan fingerprint density at radius 1 is 1.60 bits per heavy atom. The van der Waals surface area contributed by atoms with E-state index in [0.29, 0.717) is 5.92 Å². The van der Waals surface area contributed by atoms with Crippen molar-refractivity contribution in [3.05, 3.63) is 15.6 Å². The molecule has 2 rings (SSSR count). The van der Waals surface area contributed by atoms with Gasteiger partial charge in [0.2, 0.25) is 0 Å². The van der Waals surface area contributed by atoms with E-state index in [9.17, 15) is 0 Å². The molecule has 1 aromatic rings. The molecule has 0 saturated carbocycles. The Hall–Kier alpha value is -0.0600. The lowest BCUT2D eigenvalue weighted by Gasteiger charge is -2.06. The number of nitrogens with zero attached hydrogens (tertiary/aromatic N) is 2. The molecule has 0 aliphatic carbocycles. The lowest BCUT2D eigenvalue weighted by Crippen LogP contribution is -2.13. The zero-order valence-corrected chi connectivity index (χ0v) is 11.1. The van der Waals surface area contributed by atoms with Crippen LogP contribution in [0, 0.1) is 6.92 Å². The number of likely N-dealkylation sites (tertiary alicyclic amines) is 1. The third-order valence-corrected chi connectivity index (χ3v) is 4.59. The largest absolute Gasteiger partial charge is 0.306 e. The van der Waals surface area contributed by atoms with E-state index in [1.165, 1.54) is 35.1 Å². The Kier molecular flexibility index (Phi) is 3.69. The van der Waals surface area contributed by atoms with Crippen molar-refractivity contribution in [3.8, 4) is 0 Å². The zero-order valence-electron chi connectivity index (χ0n) is 9.36. The normalized spacial score (nSPS) is 22.5. The van der Waals surface area contributed by atoms with Crippen molar-refractivity contribution in [1.82, 2.24) is 9.88 Å². The summed E-state index contributed by atoms with van der Waals surface area (Å²) in [7, 11) is 2.19. The number of hydrogen-bond acceptors (Lipinski definition) is 4. The summed E-state index contributed by atoms with van der Waals surface area (Å²) in [6.45, 7) is 4.51. The minimum Gasteiger partial charge on any atom is -0.306 e. The molecular formula is C11H18N2S2. The first-order chi connectivity index (χ1) is 7.20. The molecule has 1 atom stereocenters. The predicted octanol–water partition coefficient (Wildman–Crippen LogP) is 2.34. The second-order valence-corrected chi connectivity index (χ2v) is 5.84. The van der Waals surface area contributed by atoms with Crippen LogP contribution in [0.15, 0.2) is 0 Å². The van der Waals surface area contributed by atoms with Crippen LogP contribution in [-0.2, 0) is 6.42 Å². The van der Waals surface area contributed by atoms with Crippen LogP contribution in [-0.4, -0.2) is 35.8 Å². The van der Waals surface area contributed by atoms with Gasteiger partial charge in [-0.05, 0) is 39.1 Å². The van der Waals surface area contributed by atoms with Crippen LogP contribution in [0.3, 0.4) is 0 Å². The van der Waals surface area contributed by atoms with Gasteiger partial charge < -0.3 is 4.90 Å². The summed E-state index contributed by atoms with van der Waals surface area (Å²) in [5.74, 6) is 1.60. The molecule has 1 unspecified atom stereocenters. The number of hydrogen-bond donors (Lipinski definition) is 1. The summed E-state index contributed by atoms with van der Waals surface area (Å²) in [6.07, 6.45) is 2.33. The minimum absolute atomic E-state index is 0.673. The van der Waals surface area contributed by atoms with Crippen LogP contribution in [0.25, 0.3) is 0 Å². The Labute approximate surface area is 101 Å². The van der Waals surface area contributed by atoms with Crippen molar-refractivity contribution in [3.63, 3.8) is 0 Å². The molecule has 84 valence electrons. The lowest BCUT2D eigenvalue weighted by atomic mass is 10.1. The second-order valence-electron chi connectivity index (χ2n) is 4.28. The molecule has 2 nitrogen and oxygen atoms in total. The quantitative estimate of drug-likeness (QED) is 0.819. The van der Waals surface area contributed by atoms with E-state index in [1.54, 1.807) is 0 Å². The van der Waals surface area contributed by atoms with Crippen LogP contribution < -0.4 is 0 Å². The number of likely N-dealkylation sites (N-methyl/N-ethyl adjacent to an activating group) is 1. The summed E-state index contributed by atoms with van der Waals surface area (Å²) in [5.41, 5.74) is 1.22. The van der Waals surface area contributed by atoms with E-state index in [4.69, 9.17) is 4.98 Å². The molecule has 1 fully saturated rings. The van der Waals surface area contributed by atoms with Gasteiger partial charge in [-0.2, -0.15) is 12.6 Å². The third-order valence-electron chi connectivity index (χ3n) is 2.99. The Bertz CT molecular complexity index is 335. The van der Waals surface area contributed by atoms with Crippen molar-refractivity contribution in [1.29, 1.82) is 0 Å². The molecule has 0 radical (unpaired) electrons. The first-order valence-corrected chi connectivity index (χ1v) is 6.91. The molecule has 1 aromatic heterocycles. The summed E-state index contributed by atoms with van der Waals surface area (Å²) in [6, 6.07) is 0. The maximum absolute atomic E-state index is 4.70. The molecule has 0 amide bonds. The van der Waals surface area contributed by atoms with E-state index in [-0.39, 0.29) is 0 Å². The second kappa shape index (κ2) is 4.85. The van der Waals surface area contributed by atoms with Crippen molar-refractivity contribution < 1.29 is 0 Å². The van der Waals surface area contributed by atoms with Gasteiger partial charge in [-0.1, -0.05) is 0 Å².